The van der Waals surface area contributed by atoms with Crippen LogP contribution in [-0.4, -0.2) is 11.4 Å². The van der Waals surface area contributed by atoms with Crippen LogP contribution in [0.3, 0.4) is 0 Å². The lowest BCUT2D eigenvalue weighted by molar-refractivity contribution is -0.123. The maximum absolute atomic E-state index is 13.2. The molecular formula is C23H20N2O. The number of allylic oxidation sites excluding steroid dienone is 3. The predicted molar refractivity (Wildman–Crippen MR) is 102 cm³/mol. The Morgan fingerprint density at radius 3 is 2.73 bits per heavy atom. The summed E-state index contributed by atoms with van der Waals surface area (Å²) in [5.41, 5.74) is 3.97. The van der Waals surface area contributed by atoms with Crippen LogP contribution in [0.1, 0.15) is 17.5 Å². The number of nitrogens with one attached hydrogen (secondary N) is 2. The third-order valence-electron chi connectivity index (χ3n) is 6.93. The van der Waals surface area contributed by atoms with Gasteiger partial charge in [-0.1, -0.05) is 60.7 Å². The Balaban J connectivity index is 1.55. The Morgan fingerprint density at radius 1 is 1.04 bits per heavy atom. The zero-order valence-corrected chi connectivity index (χ0v) is 14.4. The molecule has 2 heterocycles. The molecule has 0 radical (unpaired) electrons. The number of para-hydroxylation sites is 1. The minimum atomic E-state index is -0.558. The number of benzene rings is 2. The van der Waals surface area contributed by atoms with E-state index in [2.05, 4.69) is 83.5 Å². The van der Waals surface area contributed by atoms with E-state index in [1.165, 1.54) is 11.1 Å². The van der Waals surface area contributed by atoms with E-state index in [0.717, 1.165) is 24.2 Å². The third kappa shape index (κ3) is 1.45. The highest BCUT2D eigenvalue weighted by molar-refractivity contribution is 6.02. The van der Waals surface area contributed by atoms with Crippen LogP contribution in [0.2, 0.25) is 0 Å². The number of carbonyl (C=O) groups is 1. The summed E-state index contributed by atoms with van der Waals surface area (Å²) in [4.78, 5) is 13.2. The van der Waals surface area contributed by atoms with Crippen molar-refractivity contribution in [2.75, 3.05) is 5.32 Å². The van der Waals surface area contributed by atoms with Crippen molar-refractivity contribution in [3.05, 3.63) is 89.6 Å². The van der Waals surface area contributed by atoms with Gasteiger partial charge in [0.05, 0.1) is 5.41 Å². The van der Waals surface area contributed by atoms with Gasteiger partial charge in [-0.25, -0.2) is 0 Å². The molecule has 1 spiro atoms. The normalized spacial score (nSPS) is 35.2. The van der Waals surface area contributed by atoms with E-state index in [9.17, 15) is 4.79 Å². The molecule has 2 N–H and O–H groups in total. The first kappa shape index (κ1) is 14.4. The van der Waals surface area contributed by atoms with Crippen molar-refractivity contribution < 1.29 is 4.79 Å². The standard InChI is InChI=1S/C23H20N2O/c26-21-22-14-16(13-15-7-2-1-3-8-15)17-10-6-12-20(24-21)23(17,22)18-9-4-5-11-19(18)25-22/h1-12,16-17,25H,13-14H2,(H,24,26)/t16-,17+,22-,23-/m1/s1. The van der Waals surface area contributed by atoms with Crippen LogP contribution in [0.25, 0.3) is 0 Å². The van der Waals surface area contributed by atoms with Gasteiger partial charge < -0.3 is 10.6 Å². The molecule has 0 aromatic heterocycles. The number of rotatable bonds is 2. The molecule has 1 saturated heterocycles. The first-order valence-corrected chi connectivity index (χ1v) is 9.38. The highest BCUT2D eigenvalue weighted by Gasteiger charge is 2.76. The predicted octanol–water partition coefficient (Wildman–Crippen LogP) is 3.55. The summed E-state index contributed by atoms with van der Waals surface area (Å²) >= 11 is 0. The highest BCUT2D eigenvalue weighted by atomic mass is 16.2. The largest absolute Gasteiger partial charge is 0.370 e. The lowest BCUT2D eigenvalue weighted by Gasteiger charge is -2.38. The van der Waals surface area contributed by atoms with E-state index in [1.54, 1.807) is 0 Å². The zero-order chi connectivity index (χ0) is 17.4. The second-order valence-corrected chi connectivity index (χ2v) is 7.98. The summed E-state index contributed by atoms with van der Waals surface area (Å²) in [6.45, 7) is 0. The van der Waals surface area contributed by atoms with Crippen molar-refractivity contribution >= 4 is 11.6 Å². The summed E-state index contributed by atoms with van der Waals surface area (Å²) in [7, 11) is 0. The second-order valence-electron chi connectivity index (χ2n) is 7.98. The smallest absolute Gasteiger partial charge is 0.251 e. The first-order chi connectivity index (χ1) is 12.8. The van der Waals surface area contributed by atoms with Crippen LogP contribution in [-0.2, 0) is 16.6 Å². The van der Waals surface area contributed by atoms with Crippen LogP contribution in [0.4, 0.5) is 5.69 Å². The number of carbonyl (C=O) groups excluding carboxylic acids is 1. The Hall–Kier alpha value is -2.81. The fourth-order valence-corrected chi connectivity index (χ4v) is 6.12. The van der Waals surface area contributed by atoms with Crippen molar-refractivity contribution in [3.63, 3.8) is 0 Å². The molecule has 2 aliphatic heterocycles. The Kier molecular flexibility index (Phi) is 2.58. The molecule has 1 amide bonds. The van der Waals surface area contributed by atoms with Crippen molar-refractivity contribution in [1.82, 2.24) is 5.32 Å². The molecule has 6 rings (SSSR count). The molecule has 3 nitrogen and oxygen atoms in total. The Bertz CT molecular complexity index is 992. The van der Waals surface area contributed by atoms with E-state index in [-0.39, 0.29) is 11.3 Å². The van der Waals surface area contributed by atoms with Crippen molar-refractivity contribution in [2.45, 2.75) is 23.8 Å². The first-order valence-electron chi connectivity index (χ1n) is 9.38. The van der Waals surface area contributed by atoms with Crippen molar-refractivity contribution in [2.24, 2.45) is 11.8 Å². The van der Waals surface area contributed by atoms with E-state index in [1.807, 2.05) is 0 Å². The molecule has 4 aliphatic rings. The molecule has 2 fully saturated rings. The second kappa shape index (κ2) is 4.67. The molecule has 128 valence electrons. The van der Waals surface area contributed by atoms with Crippen LogP contribution in [0.15, 0.2) is 78.5 Å². The highest BCUT2D eigenvalue weighted by Crippen LogP contribution is 2.68. The number of hydrogen-bond donors (Lipinski definition) is 2. The van der Waals surface area contributed by atoms with Crippen molar-refractivity contribution in [1.29, 1.82) is 0 Å². The SMILES string of the molecule is O=C1NC2=CC=C[C@H]3[C@H](Cc4ccccc4)C[C@@]14Nc1ccccc1[C@@]234. The van der Waals surface area contributed by atoms with Crippen LogP contribution in [0, 0.1) is 11.8 Å². The van der Waals surface area contributed by atoms with Gasteiger partial charge >= 0.3 is 0 Å². The summed E-state index contributed by atoms with van der Waals surface area (Å²) in [5.74, 6) is 0.881. The number of fused-ring (bicyclic) bond motifs is 1. The topological polar surface area (TPSA) is 41.1 Å². The van der Waals surface area contributed by atoms with Gasteiger partial charge in [-0.3, -0.25) is 4.79 Å². The monoisotopic (exact) mass is 340 g/mol. The van der Waals surface area contributed by atoms with E-state index >= 15 is 0 Å². The van der Waals surface area contributed by atoms with Crippen molar-refractivity contribution in [3.8, 4) is 0 Å². The molecule has 4 atom stereocenters. The molecule has 0 unspecified atom stereocenters. The molecule has 2 aromatic rings. The number of hydrogen-bond acceptors (Lipinski definition) is 2. The zero-order valence-electron chi connectivity index (χ0n) is 14.4. The van der Waals surface area contributed by atoms with Gasteiger partial charge in [0.1, 0.15) is 5.54 Å². The third-order valence-corrected chi connectivity index (χ3v) is 6.93. The van der Waals surface area contributed by atoms with Gasteiger partial charge in [-0.15, -0.1) is 0 Å². The maximum atomic E-state index is 13.2. The number of anilines is 1. The molecule has 26 heavy (non-hydrogen) atoms. The molecule has 2 aromatic carbocycles. The fourth-order valence-electron chi connectivity index (χ4n) is 6.12. The van der Waals surface area contributed by atoms with Gasteiger partial charge in [0, 0.05) is 11.4 Å². The van der Waals surface area contributed by atoms with Gasteiger partial charge in [0.2, 0.25) is 0 Å². The molecule has 0 bridgehead atoms. The van der Waals surface area contributed by atoms with E-state index in [4.69, 9.17) is 0 Å². The quantitative estimate of drug-likeness (QED) is 0.878. The van der Waals surface area contributed by atoms with Gasteiger partial charge in [-0.05, 0) is 47.9 Å². The molecule has 2 aliphatic carbocycles. The average Bonchev–Trinajstić information content (AvgIpc) is 3.20. The van der Waals surface area contributed by atoms with Crippen LogP contribution >= 0.6 is 0 Å². The van der Waals surface area contributed by atoms with Crippen LogP contribution < -0.4 is 10.6 Å². The molecule has 3 heteroatoms. The summed E-state index contributed by atoms with van der Waals surface area (Å²) in [6, 6.07) is 19.1. The van der Waals surface area contributed by atoms with Gasteiger partial charge in [-0.2, -0.15) is 0 Å². The minimum Gasteiger partial charge on any atom is -0.370 e. The number of amides is 1. The van der Waals surface area contributed by atoms with Gasteiger partial charge in [0.25, 0.3) is 5.91 Å². The summed E-state index contributed by atoms with van der Waals surface area (Å²) in [6.07, 6.45) is 8.43. The summed E-state index contributed by atoms with van der Waals surface area (Å²) in [5, 5.41) is 6.87. The maximum Gasteiger partial charge on any atom is 0.251 e. The lowest BCUT2D eigenvalue weighted by Crippen LogP contribution is -2.52. The fraction of sp³-hybridized carbons (Fsp3) is 0.261. The van der Waals surface area contributed by atoms with Gasteiger partial charge in [0.15, 0.2) is 0 Å². The van der Waals surface area contributed by atoms with E-state index in [0.29, 0.717) is 11.8 Å². The minimum absolute atomic E-state index is 0.129. The Labute approximate surface area is 152 Å². The lowest BCUT2D eigenvalue weighted by atomic mass is 9.63. The van der Waals surface area contributed by atoms with E-state index < -0.39 is 5.54 Å². The average molecular weight is 340 g/mol. The van der Waals surface area contributed by atoms with Crippen LogP contribution in [0.5, 0.6) is 0 Å². The summed E-state index contributed by atoms with van der Waals surface area (Å²) < 4.78 is 0. The molecular weight excluding hydrogens is 320 g/mol. The molecule has 1 saturated carbocycles. The Morgan fingerprint density at radius 2 is 1.85 bits per heavy atom.